The van der Waals surface area contributed by atoms with Crippen molar-refractivity contribution in [3.05, 3.63) is 101 Å². The van der Waals surface area contributed by atoms with Crippen molar-refractivity contribution in [3.63, 3.8) is 0 Å². The van der Waals surface area contributed by atoms with Gasteiger partial charge in [-0.05, 0) is 67.1 Å². The quantitative estimate of drug-likeness (QED) is 0.429. The summed E-state index contributed by atoms with van der Waals surface area (Å²) >= 11 is 0. The van der Waals surface area contributed by atoms with Gasteiger partial charge in [0.1, 0.15) is 0 Å². The molecule has 0 unspecified atom stereocenters. The number of amides is 1. The van der Waals surface area contributed by atoms with Crippen molar-refractivity contribution in [2.45, 2.75) is 11.8 Å². The fraction of sp³-hybridized carbons (Fsp3) is 0.120. The van der Waals surface area contributed by atoms with Crippen LogP contribution in [-0.2, 0) is 10.0 Å². The lowest BCUT2D eigenvalue weighted by atomic mass is 10.1. The summed E-state index contributed by atoms with van der Waals surface area (Å²) in [5.74, 6) is -0.470. The second-order valence-corrected chi connectivity index (χ2v) is 9.61. The highest BCUT2D eigenvalue weighted by Crippen LogP contribution is 2.17. The number of carbonyl (C=O) groups is 2. The Balaban J connectivity index is 1.69. The molecule has 1 N–H and O–H groups in total. The second-order valence-electron chi connectivity index (χ2n) is 7.46. The minimum Gasteiger partial charge on any atom is -0.322 e. The molecule has 0 aliphatic carbocycles. The van der Waals surface area contributed by atoms with E-state index in [4.69, 9.17) is 0 Å². The average molecular weight is 449 g/mol. The maximum Gasteiger partial charge on any atom is 0.255 e. The normalized spacial score (nSPS) is 11.6. The SMILES string of the molecule is Cc1ccc(C(=O)Nc2cccc(/C=C/C(=O)c3ccc(S(=O)(=O)N(C)C)cc3)c2)cc1. The molecule has 3 rings (SSSR count). The minimum atomic E-state index is -3.54. The molecule has 0 aliphatic rings. The standard InChI is InChI=1S/C25H24N2O4S/c1-18-7-10-21(11-8-18)25(29)26-22-6-4-5-19(17-22)9-16-24(28)20-12-14-23(15-13-20)32(30,31)27(2)3/h4-17H,1-3H3,(H,26,29)/b16-9+. The summed E-state index contributed by atoms with van der Waals surface area (Å²) < 4.78 is 25.4. The van der Waals surface area contributed by atoms with Crippen molar-refractivity contribution >= 4 is 33.5 Å². The molecule has 0 atom stereocenters. The van der Waals surface area contributed by atoms with Gasteiger partial charge < -0.3 is 5.32 Å². The lowest BCUT2D eigenvalue weighted by Gasteiger charge is -2.11. The van der Waals surface area contributed by atoms with Crippen molar-refractivity contribution in [3.8, 4) is 0 Å². The number of anilines is 1. The molecule has 6 nitrogen and oxygen atoms in total. The van der Waals surface area contributed by atoms with E-state index in [-0.39, 0.29) is 16.6 Å². The molecule has 1 amide bonds. The molecule has 3 aromatic rings. The lowest BCUT2D eigenvalue weighted by Crippen LogP contribution is -2.22. The first-order valence-electron chi connectivity index (χ1n) is 9.90. The van der Waals surface area contributed by atoms with Crippen LogP contribution in [0.2, 0.25) is 0 Å². The highest BCUT2D eigenvalue weighted by Gasteiger charge is 2.17. The summed E-state index contributed by atoms with van der Waals surface area (Å²) in [5, 5.41) is 2.85. The Bertz CT molecular complexity index is 1260. The third-order valence-electron chi connectivity index (χ3n) is 4.80. The maximum atomic E-state index is 12.5. The van der Waals surface area contributed by atoms with Crippen molar-refractivity contribution in [2.24, 2.45) is 0 Å². The van der Waals surface area contributed by atoms with Crippen molar-refractivity contribution in [2.75, 3.05) is 19.4 Å². The monoisotopic (exact) mass is 448 g/mol. The van der Waals surface area contributed by atoms with Gasteiger partial charge in [0.25, 0.3) is 5.91 Å². The number of hydrogen-bond donors (Lipinski definition) is 1. The van der Waals surface area contributed by atoms with Crippen LogP contribution in [0.5, 0.6) is 0 Å². The first kappa shape index (κ1) is 23.1. The zero-order valence-corrected chi connectivity index (χ0v) is 18.9. The number of sulfonamides is 1. The van der Waals surface area contributed by atoms with Gasteiger partial charge >= 0.3 is 0 Å². The minimum absolute atomic E-state index is 0.125. The summed E-state index contributed by atoms with van der Waals surface area (Å²) in [7, 11) is -0.637. The fourth-order valence-electron chi connectivity index (χ4n) is 2.90. The average Bonchev–Trinajstić information content (AvgIpc) is 2.78. The van der Waals surface area contributed by atoms with Gasteiger partial charge in [-0.15, -0.1) is 0 Å². The molecule has 0 saturated carbocycles. The van der Waals surface area contributed by atoms with Crippen LogP contribution in [0.15, 0.2) is 83.8 Å². The van der Waals surface area contributed by atoms with Gasteiger partial charge in [0, 0.05) is 30.9 Å². The fourth-order valence-corrected chi connectivity index (χ4v) is 3.80. The highest BCUT2D eigenvalue weighted by molar-refractivity contribution is 7.89. The summed E-state index contributed by atoms with van der Waals surface area (Å²) in [6.07, 6.45) is 3.06. The lowest BCUT2D eigenvalue weighted by molar-refractivity contribution is 0.102. The van der Waals surface area contributed by atoms with E-state index in [0.717, 1.165) is 15.4 Å². The Morgan fingerprint density at radius 1 is 0.875 bits per heavy atom. The Kier molecular flexibility index (Phi) is 7.02. The van der Waals surface area contributed by atoms with Crippen LogP contribution in [0, 0.1) is 6.92 Å². The molecular formula is C25H24N2O4S. The zero-order chi connectivity index (χ0) is 23.3. The van der Waals surface area contributed by atoms with E-state index in [1.807, 2.05) is 25.1 Å². The molecule has 0 bridgehead atoms. The third-order valence-corrected chi connectivity index (χ3v) is 6.63. The Morgan fingerprint density at radius 3 is 2.12 bits per heavy atom. The number of carbonyl (C=O) groups excluding carboxylic acids is 2. The number of allylic oxidation sites excluding steroid dienone is 1. The Hall–Kier alpha value is -3.55. The molecule has 0 aromatic heterocycles. The van der Waals surface area contributed by atoms with Crippen LogP contribution in [0.25, 0.3) is 6.08 Å². The largest absolute Gasteiger partial charge is 0.322 e. The van der Waals surface area contributed by atoms with Gasteiger partial charge in [-0.25, -0.2) is 12.7 Å². The summed E-state index contributed by atoms with van der Waals surface area (Å²) in [4.78, 5) is 25.0. The van der Waals surface area contributed by atoms with Crippen LogP contribution < -0.4 is 5.32 Å². The van der Waals surface area contributed by atoms with Crippen LogP contribution in [0.3, 0.4) is 0 Å². The second kappa shape index (κ2) is 9.72. The predicted octanol–water partition coefficient (Wildman–Crippen LogP) is 4.39. The smallest absolute Gasteiger partial charge is 0.255 e. The summed E-state index contributed by atoms with van der Waals surface area (Å²) in [6, 6.07) is 20.2. The van der Waals surface area contributed by atoms with Crippen LogP contribution in [0.4, 0.5) is 5.69 Å². The first-order valence-corrected chi connectivity index (χ1v) is 11.3. The van der Waals surface area contributed by atoms with E-state index >= 15 is 0 Å². The molecule has 0 saturated heterocycles. The molecule has 3 aromatic carbocycles. The predicted molar refractivity (Wildman–Crippen MR) is 126 cm³/mol. The maximum absolute atomic E-state index is 12.5. The molecular weight excluding hydrogens is 424 g/mol. The van der Waals surface area contributed by atoms with Gasteiger partial charge in [0.15, 0.2) is 5.78 Å². The summed E-state index contributed by atoms with van der Waals surface area (Å²) in [5.41, 5.74) is 3.37. The molecule has 0 spiro atoms. The van der Waals surface area contributed by atoms with Gasteiger partial charge in [0.2, 0.25) is 10.0 Å². The molecule has 164 valence electrons. The number of hydrogen-bond acceptors (Lipinski definition) is 4. The van der Waals surface area contributed by atoms with Gasteiger partial charge in [0.05, 0.1) is 4.90 Å². The van der Waals surface area contributed by atoms with E-state index < -0.39 is 10.0 Å². The molecule has 0 radical (unpaired) electrons. The van der Waals surface area contributed by atoms with Crippen molar-refractivity contribution in [1.29, 1.82) is 0 Å². The molecule has 7 heteroatoms. The first-order chi connectivity index (χ1) is 15.2. The Morgan fingerprint density at radius 2 is 1.50 bits per heavy atom. The molecule has 0 heterocycles. The third kappa shape index (κ3) is 5.57. The van der Waals surface area contributed by atoms with Gasteiger partial charge in [-0.1, -0.05) is 35.9 Å². The molecule has 0 fully saturated rings. The van der Waals surface area contributed by atoms with Crippen LogP contribution in [0.1, 0.15) is 31.8 Å². The molecule has 0 aliphatic heterocycles. The van der Waals surface area contributed by atoms with E-state index in [1.165, 1.54) is 44.4 Å². The van der Waals surface area contributed by atoms with E-state index in [9.17, 15) is 18.0 Å². The van der Waals surface area contributed by atoms with E-state index in [2.05, 4.69) is 5.32 Å². The van der Waals surface area contributed by atoms with Crippen LogP contribution in [-0.4, -0.2) is 38.5 Å². The Labute approximate surface area is 188 Å². The van der Waals surface area contributed by atoms with E-state index in [0.29, 0.717) is 16.8 Å². The molecule has 32 heavy (non-hydrogen) atoms. The number of nitrogens with one attached hydrogen (secondary N) is 1. The van der Waals surface area contributed by atoms with E-state index in [1.54, 1.807) is 36.4 Å². The zero-order valence-electron chi connectivity index (χ0n) is 18.1. The van der Waals surface area contributed by atoms with Gasteiger partial charge in [-0.3, -0.25) is 9.59 Å². The summed E-state index contributed by atoms with van der Waals surface area (Å²) in [6.45, 7) is 1.96. The van der Waals surface area contributed by atoms with Gasteiger partial charge in [-0.2, -0.15) is 0 Å². The highest BCUT2D eigenvalue weighted by atomic mass is 32.2. The number of aryl methyl sites for hydroxylation is 1. The topological polar surface area (TPSA) is 83.5 Å². The van der Waals surface area contributed by atoms with Crippen LogP contribution >= 0.6 is 0 Å². The number of benzene rings is 3. The van der Waals surface area contributed by atoms with Crippen molar-refractivity contribution in [1.82, 2.24) is 4.31 Å². The number of nitrogens with zero attached hydrogens (tertiary/aromatic N) is 1. The van der Waals surface area contributed by atoms with Crippen molar-refractivity contribution < 1.29 is 18.0 Å². The number of ketones is 1. The number of rotatable bonds is 7.